The Balaban J connectivity index is 1.43. The van der Waals surface area contributed by atoms with Crippen molar-refractivity contribution in [2.24, 2.45) is 0 Å². The zero-order valence-corrected chi connectivity index (χ0v) is 16.7. The molecule has 1 aliphatic heterocycles. The predicted molar refractivity (Wildman–Crippen MR) is 113 cm³/mol. The maximum atomic E-state index is 12.6. The number of aryl methyl sites for hydroxylation is 2. The lowest BCUT2D eigenvalue weighted by Gasteiger charge is -2.33. The van der Waals surface area contributed by atoms with Gasteiger partial charge in [-0.05, 0) is 56.0 Å². The van der Waals surface area contributed by atoms with E-state index in [1.165, 1.54) is 18.4 Å². The summed E-state index contributed by atoms with van der Waals surface area (Å²) in [5.74, 6) is 0. The highest BCUT2D eigenvalue weighted by molar-refractivity contribution is 5.84. The molecule has 146 valence electrons. The highest BCUT2D eigenvalue weighted by Gasteiger charge is 2.20. The minimum Gasteiger partial charge on any atom is -0.357 e. The summed E-state index contributed by atoms with van der Waals surface area (Å²) in [7, 11) is 0. The third-order valence-electron chi connectivity index (χ3n) is 5.67. The summed E-state index contributed by atoms with van der Waals surface area (Å²) in [6, 6.07) is 10.4. The fourth-order valence-electron chi connectivity index (χ4n) is 4.18. The summed E-state index contributed by atoms with van der Waals surface area (Å²) in [6.07, 6.45) is 6.11. The molecule has 0 amide bonds. The molecule has 0 bridgehead atoms. The third kappa shape index (κ3) is 4.16. The molecule has 28 heavy (non-hydrogen) atoms. The summed E-state index contributed by atoms with van der Waals surface area (Å²) >= 11 is 0. The fraction of sp³-hybridized carbons (Fsp3) is 0.391. The minimum absolute atomic E-state index is 0.105. The van der Waals surface area contributed by atoms with Gasteiger partial charge in [0, 0.05) is 55.2 Å². The van der Waals surface area contributed by atoms with Crippen LogP contribution in [0.15, 0.2) is 47.5 Å². The van der Waals surface area contributed by atoms with Crippen molar-refractivity contribution in [3.63, 3.8) is 0 Å². The fourth-order valence-corrected chi connectivity index (χ4v) is 4.18. The van der Waals surface area contributed by atoms with Crippen molar-refractivity contribution < 1.29 is 0 Å². The van der Waals surface area contributed by atoms with Gasteiger partial charge in [-0.15, -0.1) is 0 Å². The summed E-state index contributed by atoms with van der Waals surface area (Å²) in [5.41, 5.74) is 5.42. The van der Waals surface area contributed by atoms with Crippen LogP contribution in [0.4, 0.5) is 0 Å². The number of likely N-dealkylation sites (tertiary alicyclic amines) is 1. The zero-order valence-electron chi connectivity index (χ0n) is 16.7. The van der Waals surface area contributed by atoms with E-state index in [1.807, 2.05) is 38.4 Å². The van der Waals surface area contributed by atoms with Gasteiger partial charge in [0.25, 0.3) is 0 Å². The smallest absolute Gasteiger partial charge is 0.189 e. The van der Waals surface area contributed by atoms with Crippen LogP contribution in [0.3, 0.4) is 0 Å². The average Bonchev–Trinajstić information content (AvgIpc) is 2.70. The summed E-state index contributed by atoms with van der Waals surface area (Å²) in [5, 5.41) is 4.46. The maximum Gasteiger partial charge on any atom is 0.189 e. The first-order valence-electron chi connectivity index (χ1n) is 10.1. The summed E-state index contributed by atoms with van der Waals surface area (Å²) < 4.78 is 0. The summed E-state index contributed by atoms with van der Waals surface area (Å²) in [4.78, 5) is 22.8. The third-order valence-corrected chi connectivity index (χ3v) is 5.67. The number of H-pyrrole nitrogens is 1. The van der Waals surface area contributed by atoms with E-state index < -0.39 is 0 Å². The normalized spacial score (nSPS) is 17.9. The van der Waals surface area contributed by atoms with E-state index in [0.717, 1.165) is 47.4 Å². The van der Waals surface area contributed by atoms with Gasteiger partial charge in [0.15, 0.2) is 5.43 Å². The van der Waals surface area contributed by atoms with Crippen molar-refractivity contribution in [1.82, 2.24) is 20.2 Å². The number of benzene rings is 1. The molecule has 5 nitrogen and oxygen atoms in total. The van der Waals surface area contributed by atoms with Crippen LogP contribution in [0.25, 0.3) is 10.9 Å². The van der Waals surface area contributed by atoms with Crippen molar-refractivity contribution in [2.75, 3.05) is 13.1 Å². The Hall–Kier alpha value is -2.50. The molecule has 1 aliphatic rings. The monoisotopic (exact) mass is 376 g/mol. The largest absolute Gasteiger partial charge is 0.357 e. The van der Waals surface area contributed by atoms with Crippen LogP contribution in [0.5, 0.6) is 0 Å². The minimum atomic E-state index is 0.105. The predicted octanol–water partition coefficient (Wildman–Crippen LogP) is 3.29. The van der Waals surface area contributed by atoms with Gasteiger partial charge in [-0.3, -0.25) is 14.7 Å². The molecular formula is C23H28N4O. The number of piperidine rings is 1. The number of rotatable bonds is 5. The van der Waals surface area contributed by atoms with Crippen LogP contribution in [0.1, 0.15) is 35.2 Å². The van der Waals surface area contributed by atoms with E-state index in [1.54, 1.807) is 6.07 Å². The van der Waals surface area contributed by atoms with E-state index >= 15 is 0 Å². The van der Waals surface area contributed by atoms with Gasteiger partial charge >= 0.3 is 0 Å². The lowest BCUT2D eigenvalue weighted by Crippen LogP contribution is -2.45. The zero-order chi connectivity index (χ0) is 19.5. The summed E-state index contributed by atoms with van der Waals surface area (Å²) in [6.45, 7) is 7.81. The van der Waals surface area contributed by atoms with Crippen molar-refractivity contribution in [3.05, 3.63) is 75.3 Å². The molecule has 0 saturated carbocycles. The van der Waals surface area contributed by atoms with Crippen LogP contribution in [0.2, 0.25) is 0 Å². The molecule has 0 aliphatic carbocycles. The number of nitrogens with one attached hydrogen (secondary N) is 2. The average molecular weight is 377 g/mol. The second-order valence-electron chi connectivity index (χ2n) is 7.92. The van der Waals surface area contributed by atoms with Gasteiger partial charge in [-0.25, -0.2) is 0 Å². The van der Waals surface area contributed by atoms with Crippen molar-refractivity contribution in [1.29, 1.82) is 0 Å². The topological polar surface area (TPSA) is 61.0 Å². The standard InChI is InChI=1S/C23H28N4O/c1-16-7-8-17(2)23-22(16)21(28)11-20(26-23)13-25-19-6-4-10-27(15-19)14-18-5-3-9-24-12-18/h3,5,7-9,11-12,19,25H,4,6,10,13-15H2,1-2H3,(H,26,28). The number of aromatic nitrogens is 2. The van der Waals surface area contributed by atoms with Crippen LogP contribution in [-0.4, -0.2) is 34.0 Å². The van der Waals surface area contributed by atoms with Crippen molar-refractivity contribution in [3.8, 4) is 0 Å². The Morgan fingerprint density at radius 2 is 2.11 bits per heavy atom. The lowest BCUT2D eigenvalue weighted by molar-refractivity contribution is 0.182. The quantitative estimate of drug-likeness (QED) is 0.717. The molecule has 3 aromatic rings. The van der Waals surface area contributed by atoms with E-state index in [2.05, 4.69) is 32.3 Å². The van der Waals surface area contributed by atoms with Gasteiger partial charge in [0.1, 0.15) is 0 Å². The van der Waals surface area contributed by atoms with Gasteiger partial charge in [-0.1, -0.05) is 18.2 Å². The Kier molecular flexibility index (Phi) is 5.55. The van der Waals surface area contributed by atoms with Gasteiger partial charge in [-0.2, -0.15) is 0 Å². The number of fused-ring (bicyclic) bond motifs is 1. The van der Waals surface area contributed by atoms with Gasteiger partial charge < -0.3 is 10.3 Å². The molecule has 2 N–H and O–H groups in total. The highest BCUT2D eigenvalue weighted by Crippen LogP contribution is 2.18. The molecule has 0 radical (unpaired) electrons. The molecular weight excluding hydrogens is 348 g/mol. The number of hydrogen-bond acceptors (Lipinski definition) is 4. The Labute approximate surface area is 165 Å². The molecule has 1 unspecified atom stereocenters. The molecule has 4 rings (SSSR count). The van der Waals surface area contributed by atoms with Crippen LogP contribution < -0.4 is 10.7 Å². The Morgan fingerprint density at radius 1 is 1.25 bits per heavy atom. The lowest BCUT2D eigenvalue weighted by atomic mass is 10.0. The number of nitrogens with zero attached hydrogens (tertiary/aromatic N) is 2. The molecule has 1 fully saturated rings. The number of pyridine rings is 2. The van der Waals surface area contributed by atoms with E-state index in [-0.39, 0.29) is 5.43 Å². The van der Waals surface area contributed by atoms with Crippen molar-refractivity contribution >= 4 is 10.9 Å². The van der Waals surface area contributed by atoms with E-state index in [9.17, 15) is 4.79 Å². The maximum absolute atomic E-state index is 12.6. The molecule has 0 spiro atoms. The molecule has 5 heteroatoms. The second-order valence-corrected chi connectivity index (χ2v) is 7.92. The first-order chi connectivity index (χ1) is 13.6. The van der Waals surface area contributed by atoms with Crippen LogP contribution in [-0.2, 0) is 13.1 Å². The Morgan fingerprint density at radius 3 is 2.93 bits per heavy atom. The van der Waals surface area contributed by atoms with Crippen LogP contribution in [0, 0.1) is 13.8 Å². The molecule has 3 heterocycles. The molecule has 1 saturated heterocycles. The number of aromatic amines is 1. The van der Waals surface area contributed by atoms with E-state index in [4.69, 9.17) is 0 Å². The number of hydrogen-bond donors (Lipinski definition) is 2. The van der Waals surface area contributed by atoms with Gasteiger partial charge in [0.2, 0.25) is 0 Å². The first kappa shape index (κ1) is 18.8. The second kappa shape index (κ2) is 8.25. The SMILES string of the molecule is Cc1ccc(C)c2c(=O)cc(CNC3CCCN(Cc4cccnc4)C3)[nH]c12. The van der Waals surface area contributed by atoms with Gasteiger partial charge in [0.05, 0.1) is 5.52 Å². The van der Waals surface area contributed by atoms with Crippen LogP contribution >= 0.6 is 0 Å². The molecule has 2 aromatic heterocycles. The highest BCUT2D eigenvalue weighted by atomic mass is 16.1. The molecule has 1 atom stereocenters. The van der Waals surface area contributed by atoms with E-state index in [0.29, 0.717) is 12.6 Å². The Bertz CT molecular complexity index is 1010. The van der Waals surface area contributed by atoms with Crippen molar-refractivity contribution in [2.45, 2.75) is 45.8 Å². The molecule has 1 aromatic carbocycles. The first-order valence-corrected chi connectivity index (χ1v) is 10.1.